The Labute approximate surface area is 199 Å². The van der Waals surface area contributed by atoms with Crippen molar-refractivity contribution in [2.24, 2.45) is 4.99 Å². The first kappa shape index (κ1) is 24.7. The van der Waals surface area contributed by atoms with Gasteiger partial charge in [-0.25, -0.2) is 4.99 Å². The maximum Gasteiger partial charge on any atom is 0.243 e. The van der Waals surface area contributed by atoms with E-state index in [9.17, 15) is 4.79 Å². The molecule has 3 rings (SSSR count). The van der Waals surface area contributed by atoms with Gasteiger partial charge in [-0.2, -0.15) is 0 Å². The Hall–Kier alpha value is -1.59. The fourth-order valence-corrected chi connectivity index (χ4v) is 4.00. The minimum atomic E-state index is -0.0270. The minimum absolute atomic E-state index is 0. The van der Waals surface area contributed by atoms with Gasteiger partial charge in [0.2, 0.25) is 5.91 Å². The highest BCUT2D eigenvalue weighted by Crippen LogP contribution is 2.24. The topological polar surface area (TPSA) is 73.1 Å². The Morgan fingerprint density at radius 2 is 2.03 bits per heavy atom. The van der Waals surface area contributed by atoms with Crippen LogP contribution in [0.1, 0.15) is 35.9 Å². The summed E-state index contributed by atoms with van der Waals surface area (Å²) in [4.78, 5) is 21.7. The van der Waals surface area contributed by atoms with Gasteiger partial charge in [0.15, 0.2) is 5.96 Å². The Kier molecular flexibility index (Phi) is 10.7. The molecule has 3 heterocycles. The molecule has 0 aromatic carbocycles. The minimum Gasteiger partial charge on any atom is -0.468 e. The second-order valence-electron chi connectivity index (χ2n) is 7.39. The number of hydrogen-bond donors (Lipinski definition) is 2. The van der Waals surface area contributed by atoms with Crippen molar-refractivity contribution in [1.29, 1.82) is 0 Å². The average Bonchev–Trinajstić information content (AvgIpc) is 3.44. The van der Waals surface area contributed by atoms with Crippen molar-refractivity contribution in [3.05, 3.63) is 46.5 Å². The third kappa shape index (κ3) is 7.59. The van der Waals surface area contributed by atoms with E-state index in [2.05, 4.69) is 32.0 Å². The molecule has 0 spiro atoms. The molecule has 0 aliphatic carbocycles. The second-order valence-corrected chi connectivity index (χ2v) is 8.43. The number of hydrogen-bond acceptors (Lipinski definition) is 5. The van der Waals surface area contributed by atoms with Crippen LogP contribution < -0.4 is 10.6 Å². The van der Waals surface area contributed by atoms with Crippen LogP contribution in [0.5, 0.6) is 0 Å². The van der Waals surface area contributed by atoms with Crippen LogP contribution in [0, 0.1) is 0 Å². The van der Waals surface area contributed by atoms with Gasteiger partial charge >= 0.3 is 0 Å². The average molecular weight is 545 g/mol. The Morgan fingerprint density at radius 1 is 1.23 bits per heavy atom. The van der Waals surface area contributed by atoms with E-state index in [-0.39, 0.29) is 42.5 Å². The van der Waals surface area contributed by atoms with Crippen molar-refractivity contribution in [3.8, 4) is 0 Å². The normalized spacial score (nSPS) is 15.9. The van der Waals surface area contributed by atoms with E-state index in [0.717, 1.165) is 18.8 Å². The first-order chi connectivity index (χ1) is 14.1. The first-order valence-electron chi connectivity index (χ1n) is 10.2. The number of guanidine groups is 1. The van der Waals surface area contributed by atoms with Gasteiger partial charge in [0.05, 0.1) is 18.8 Å². The standard InChI is InChI=1S/C21H31N5O2S.HI/c1-25(2)20(27)16-24-21(22-14-17-8-7-13-29-17)23-15-18(19-9-6-12-28-19)26-10-4-3-5-11-26;/h6-9,12-13,18H,3-5,10-11,14-16H2,1-2H3,(H2,22,23,24);1H. The zero-order valence-corrected chi connectivity index (χ0v) is 20.8. The largest absolute Gasteiger partial charge is 0.468 e. The summed E-state index contributed by atoms with van der Waals surface area (Å²) < 4.78 is 5.73. The van der Waals surface area contributed by atoms with Gasteiger partial charge in [0.1, 0.15) is 12.3 Å². The summed E-state index contributed by atoms with van der Waals surface area (Å²) in [5.74, 6) is 1.57. The Bertz CT molecular complexity index is 758. The molecule has 30 heavy (non-hydrogen) atoms. The van der Waals surface area contributed by atoms with E-state index < -0.39 is 0 Å². The molecule has 9 heteroatoms. The Balaban J connectivity index is 0.00000320. The molecular weight excluding hydrogens is 513 g/mol. The molecular formula is C21H32IN5O2S. The predicted octanol–water partition coefficient (Wildman–Crippen LogP) is 3.31. The van der Waals surface area contributed by atoms with Crippen LogP contribution in [0.4, 0.5) is 0 Å². The maximum absolute atomic E-state index is 12.0. The zero-order chi connectivity index (χ0) is 20.5. The number of nitrogens with one attached hydrogen (secondary N) is 2. The van der Waals surface area contributed by atoms with Crippen LogP contribution in [0.15, 0.2) is 45.3 Å². The molecule has 166 valence electrons. The number of piperidine rings is 1. The molecule has 0 saturated carbocycles. The number of aliphatic imine (C=N–C) groups is 1. The van der Waals surface area contributed by atoms with Gasteiger partial charge in [-0.3, -0.25) is 9.69 Å². The molecule has 1 aliphatic rings. The van der Waals surface area contributed by atoms with E-state index in [0.29, 0.717) is 19.0 Å². The van der Waals surface area contributed by atoms with Crippen LogP contribution in [-0.2, 0) is 11.3 Å². The highest BCUT2D eigenvalue weighted by Gasteiger charge is 2.24. The molecule has 1 fully saturated rings. The van der Waals surface area contributed by atoms with Gasteiger partial charge in [-0.1, -0.05) is 12.5 Å². The first-order valence-corrected chi connectivity index (χ1v) is 11.0. The molecule has 1 amide bonds. The monoisotopic (exact) mass is 545 g/mol. The summed E-state index contributed by atoms with van der Waals surface area (Å²) in [6, 6.07) is 8.23. The number of thiophene rings is 1. The molecule has 2 aromatic rings. The lowest BCUT2D eigenvalue weighted by molar-refractivity contribution is -0.127. The van der Waals surface area contributed by atoms with Crippen LogP contribution in [0.25, 0.3) is 0 Å². The Morgan fingerprint density at radius 3 is 2.67 bits per heavy atom. The number of carbonyl (C=O) groups is 1. The molecule has 1 unspecified atom stereocenters. The van der Waals surface area contributed by atoms with Crippen molar-refractivity contribution in [1.82, 2.24) is 20.4 Å². The third-order valence-electron chi connectivity index (χ3n) is 5.05. The number of likely N-dealkylation sites (tertiary alicyclic amines) is 1. The van der Waals surface area contributed by atoms with Crippen molar-refractivity contribution in [3.63, 3.8) is 0 Å². The zero-order valence-electron chi connectivity index (χ0n) is 17.7. The van der Waals surface area contributed by atoms with E-state index in [1.165, 1.54) is 24.1 Å². The van der Waals surface area contributed by atoms with Gasteiger partial charge < -0.3 is 20.0 Å². The molecule has 2 N–H and O–H groups in total. The summed E-state index contributed by atoms with van der Waals surface area (Å²) >= 11 is 1.70. The molecule has 0 bridgehead atoms. The fourth-order valence-electron chi connectivity index (χ4n) is 3.36. The predicted molar refractivity (Wildman–Crippen MR) is 132 cm³/mol. The summed E-state index contributed by atoms with van der Waals surface area (Å²) in [5.41, 5.74) is 0. The van der Waals surface area contributed by atoms with Gasteiger partial charge in [-0.05, 0) is 49.5 Å². The van der Waals surface area contributed by atoms with E-state index in [1.54, 1.807) is 36.6 Å². The number of carbonyl (C=O) groups excluding carboxylic acids is 1. The molecule has 1 aliphatic heterocycles. The summed E-state index contributed by atoms with van der Waals surface area (Å²) in [5, 5.41) is 8.84. The van der Waals surface area contributed by atoms with E-state index >= 15 is 0 Å². The number of halogens is 1. The lowest BCUT2D eigenvalue weighted by atomic mass is 10.1. The van der Waals surface area contributed by atoms with Crippen LogP contribution >= 0.6 is 35.3 Å². The summed E-state index contributed by atoms with van der Waals surface area (Å²) in [6.45, 7) is 3.60. The fraction of sp³-hybridized carbons (Fsp3) is 0.524. The van der Waals surface area contributed by atoms with Crippen LogP contribution in [0.3, 0.4) is 0 Å². The van der Waals surface area contributed by atoms with Crippen molar-refractivity contribution >= 4 is 47.2 Å². The van der Waals surface area contributed by atoms with Crippen molar-refractivity contribution in [2.75, 3.05) is 40.3 Å². The highest BCUT2D eigenvalue weighted by molar-refractivity contribution is 14.0. The molecule has 2 aromatic heterocycles. The van der Waals surface area contributed by atoms with Crippen molar-refractivity contribution < 1.29 is 9.21 Å². The quantitative estimate of drug-likeness (QED) is 0.303. The van der Waals surface area contributed by atoms with E-state index in [4.69, 9.17) is 4.42 Å². The SMILES string of the molecule is CN(C)C(=O)CN=C(NCc1cccs1)NCC(c1ccco1)N1CCCCC1.I. The molecule has 7 nitrogen and oxygen atoms in total. The van der Waals surface area contributed by atoms with Gasteiger partial charge in [0, 0.05) is 25.5 Å². The number of furan rings is 1. The van der Waals surface area contributed by atoms with Crippen LogP contribution in [0.2, 0.25) is 0 Å². The lowest BCUT2D eigenvalue weighted by Crippen LogP contribution is -2.44. The number of amides is 1. The number of likely N-dealkylation sites (N-methyl/N-ethyl adjacent to an activating group) is 1. The number of rotatable bonds is 8. The maximum atomic E-state index is 12.0. The van der Waals surface area contributed by atoms with Gasteiger partial charge in [-0.15, -0.1) is 35.3 Å². The summed E-state index contributed by atoms with van der Waals surface area (Å²) in [7, 11) is 3.49. The summed E-state index contributed by atoms with van der Waals surface area (Å²) in [6.07, 6.45) is 5.45. The van der Waals surface area contributed by atoms with Gasteiger partial charge in [0.25, 0.3) is 0 Å². The highest BCUT2D eigenvalue weighted by atomic mass is 127. The number of nitrogens with zero attached hydrogens (tertiary/aromatic N) is 3. The second kappa shape index (κ2) is 13.0. The lowest BCUT2D eigenvalue weighted by Gasteiger charge is -2.33. The smallest absolute Gasteiger partial charge is 0.243 e. The van der Waals surface area contributed by atoms with Crippen LogP contribution in [-0.4, -0.2) is 61.9 Å². The molecule has 0 radical (unpaired) electrons. The van der Waals surface area contributed by atoms with E-state index in [1.807, 2.05) is 18.2 Å². The van der Waals surface area contributed by atoms with Crippen molar-refractivity contribution in [2.45, 2.75) is 31.8 Å². The molecule has 1 atom stereocenters. The third-order valence-corrected chi connectivity index (χ3v) is 5.92. The molecule has 1 saturated heterocycles.